The molecular formula is C14H28N2O2. The van der Waals surface area contributed by atoms with Gasteiger partial charge in [-0.1, -0.05) is 33.1 Å². The minimum Gasteiger partial charge on any atom is -0.394 e. The lowest BCUT2D eigenvalue weighted by Crippen LogP contribution is -2.53. The van der Waals surface area contributed by atoms with Crippen LogP contribution < -0.4 is 10.6 Å². The Bertz CT molecular complexity index is 275. The van der Waals surface area contributed by atoms with Gasteiger partial charge < -0.3 is 15.7 Å². The van der Waals surface area contributed by atoms with Crippen LogP contribution in [0.1, 0.15) is 59.3 Å². The molecule has 0 spiro atoms. The second-order valence-corrected chi connectivity index (χ2v) is 6.29. The molecule has 0 bridgehead atoms. The van der Waals surface area contributed by atoms with Crippen molar-refractivity contribution in [2.75, 3.05) is 13.2 Å². The molecule has 0 aromatic carbocycles. The number of rotatable bonds is 6. The fourth-order valence-corrected chi connectivity index (χ4v) is 2.75. The lowest BCUT2D eigenvalue weighted by atomic mass is 9.89. The number of aliphatic hydroxyl groups excluding tert-OH is 1. The molecule has 4 heteroatoms. The highest BCUT2D eigenvalue weighted by Crippen LogP contribution is 2.36. The van der Waals surface area contributed by atoms with Crippen molar-refractivity contribution >= 4 is 6.03 Å². The highest BCUT2D eigenvalue weighted by molar-refractivity contribution is 5.74. The molecule has 0 saturated heterocycles. The summed E-state index contributed by atoms with van der Waals surface area (Å²) in [6.45, 7) is 6.87. The Morgan fingerprint density at radius 3 is 2.50 bits per heavy atom. The van der Waals surface area contributed by atoms with Crippen LogP contribution in [0, 0.1) is 5.41 Å². The molecular weight excluding hydrogens is 228 g/mol. The van der Waals surface area contributed by atoms with E-state index in [2.05, 4.69) is 17.6 Å². The Hall–Kier alpha value is -0.770. The molecule has 106 valence electrons. The van der Waals surface area contributed by atoms with Crippen molar-refractivity contribution in [2.45, 2.75) is 64.8 Å². The van der Waals surface area contributed by atoms with Crippen molar-refractivity contribution in [1.29, 1.82) is 0 Å². The van der Waals surface area contributed by atoms with Gasteiger partial charge in [-0.2, -0.15) is 0 Å². The summed E-state index contributed by atoms with van der Waals surface area (Å²) >= 11 is 0. The van der Waals surface area contributed by atoms with Gasteiger partial charge in [0, 0.05) is 6.54 Å². The maximum atomic E-state index is 11.9. The van der Waals surface area contributed by atoms with E-state index in [9.17, 15) is 9.90 Å². The molecule has 0 radical (unpaired) electrons. The Kier molecular flexibility index (Phi) is 5.45. The molecule has 1 aliphatic carbocycles. The van der Waals surface area contributed by atoms with Crippen molar-refractivity contribution < 1.29 is 9.90 Å². The van der Waals surface area contributed by atoms with E-state index >= 15 is 0 Å². The summed E-state index contributed by atoms with van der Waals surface area (Å²) in [6, 6.07) is -0.159. The van der Waals surface area contributed by atoms with E-state index in [0.717, 1.165) is 19.4 Å². The van der Waals surface area contributed by atoms with Crippen LogP contribution in [-0.2, 0) is 0 Å². The molecule has 0 aromatic rings. The molecule has 0 aromatic heterocycles. The van der Waals surface area contributed by atoms with Crippen LogP contribution >= 0.6 is 0 Å². The summed E-state index contributed by atoms with van der Waals surface area (Å²) in [6.07, 6.45) is 6.65. The smallest absolute Gasteiger partial charge is 0.315 e. The van der Waals surface area contributed by atoms with E-state index in [-0.39, 0.29) is 18.1 Å². The van der Waals surface area contributed by atoms with Gasteiger partial charge in [-0.15, -0.1) is 0 Å². The van der Waals surface area contributed by atoms with Crippen LogP contribution in [0.4, 0.5) is 4.79 Å². The SMILES string of the molecule is CCCC(C)(CO)NC(=O)NCC1(C)CCCC1. The van der Waals surface area contributed by atoms with Gasteiger partial charge in [-0.25, -0.2) is 4.79 Å². The Balaban J connectivity index is 2.36. The first kappa shape index (κ1) is 15.3. The van der Waals surface area contributed by atoms with Gasteiger partial charge in [-0.3, -0.25) is 0 Å². The number of amides is 2. The van der Waals surface area contributed by atoms with E-state index in [1.165, 1.54) is 25.7 Å². The van der Waals surface area contributed by atoms with E-state index in [1.807, 2.05) is 13.8 Å². The third kappa shape index (κ3) is 4.48. The van der Waals surface area contributed by atoms with Gasteiger partial charge in [0.2, 0.25) is 0 Å². The van der Waals surface area contributed by atoms with Crippen LogP contribution in [0.5, 0.6) is 0 Å². The summed E-state index contributed by atoms with van der Waals surface area (Å²) < 4.78 is 0. The summed E-state index contributed by atoms with van der Waals surface area (Å²) in [5.74, 6) is 0. The molecule has 3 N–H and O–H groups in total. The summed E-state index contributed by atoms with van der Waals surface area (Å²) in [5.41, 5.74) is -0.243. The number of hydrogen-bond donors (Lipinski definition) is 3. The van der Waals surface area contributed by atoms with E-state index < -0.39 is 5.54 Å². The molecule has 0 aliphatic heterocycles. The fourth-order valence-electron chi connectivity index (χ4n) is 2.75. The van der Waals surface area contributed by atoms with Gasteiger partial charge >= 0.3 is 6.03 Å². The van der Waals surface area contributed by atoms with Gasteiger partial charge in [0.25, 0.3) is 0 Å². The molecule has 1 aliphatic rings. The minimum absolute atomic E-state index is 0.0223. The van der Waals surface area contributed by atoms with Crippen molar-refractivity contribution in [3.8, 4) is 0 Å². The normalized spacial score (nSPS) is 21.3. The number of hydrogen-bond acceptors (Lipinski definition) is 2. The number of aliphatic hydroxyl groups is 1. The summed E-state index contributed by atoms with van der Waals surface area (Å²) in [5, 5.41) is 15.2. The third-order valence-corrected chi connectivity index (χ3v) is 4.05. The average Bonchev–Trinajstić information content (AvgIpc) is 2.75. The van der Waals surface area contributed by atoms with Crippen molar-refractivity contribution in [2.24, 2.45) is 5.41 Å². The summed E-state index contributed by atoms with van der Waals surface area (Å²) in [7, 11) is 0. The molecule has 1 rings (SSSR count). The van der Waals surface area contributed by atoms with Gasteiger partial charge in [0.05, 0.1) is 12.1 Å². The summed E-state index contributed by atoms with van der Waals surface area (Å²) in [4.78, 5) is 11.9. The van der Waals surface area contributed by atoms with Crippen molar-refractivity contribution in [3.05, 3.63) is 0 Å². The lowest BCUT2D eigenvalue weighted by molar-refractivity contribution is 0.161. The predicted octanol–water partition coefficient (Wildman–Crippen LogP) is 2.42. The molecule has 1 saturated carbocycles. The fraction of sp³-hybridized carbons (Fsp3) is 0.929. The lowest BCUT2D eigenvalue weighted by Gasteiger charge is -2.30. The first-order chi connectivity index (χ1) is 8.43. The Morgan fingerprint density at radius 1 is 1.39 bits per heavy atom. The third-order valence-electron chi connectivity index (χ3n) is 4.05. The molecule has 0 heterocycles. The highest BCUT2D eigenvalue weighted by Gasteiger charge is 2.30. The van der Waals surface area contributed by atoms with E-state index in [1.54, 1.807) is 0 Å². The van der Waals surface area contributed by atoms with Gasteiger partial charge in [-0.05, 0) is 31.6 Å². The molecule has 1 fully saturated rings. The van der Waals surface area contributed by atoms with Crippen LogP contribution in [0.2, 0.25) is 0 Å². The van der Waals surface area contributed by atoms with E-state index in [4.69, 9.17) is 0 Å². The maximum absolute atomic E-state index is 11.9. The number of urea groups is 1. The zero-order valence-corrected chi connectivity index (χ0v) is 12.0. The monoisotopic (exact) mass is 256 g/mol. The highest BCUT2D eigenvalue weighted by atomic mass is 16.3. The molecule has 4 nitrogen and oxygen atoms in total. The van der Waals surface area contributed by atoms with Crippen LogP contribution in [-0.4, -0.2) is 29.8 Å². The number of carbonyl (C=O) groups is 1. The first-order valence-electron chi connectivity index (χ1n) is 7.10. The largest absolute Gasteiger partial charge is 0.394 e. The maximum Gasteiger partial charge on any atom is 0.315 e. The molecule has 1 unspecified atom stereocenters. The topological polar surface area (TPSA) is 61.4 Å². The van der Waals surface area contributed by atoms with Crippen LogP contribution in [0.3, 0.4) is 0 Å². The van der Waals surface area contributed by atoms with Crippen molar-refractivity contribution in [3.63, 3.8) is 0 Å². The second kappa shape index (κ2) is 6.41. The molecule has 18 heavy (non-hydrogen) atoms. The Labute approximate surface area is 111 Å². The minimum atomic E-state index is -0.505. The van der Waals surface area contributed by atoms with Gasteiger partial charge in [0.1, 0.15) is 0 Å². The quantitative estimate of drug-likeness (QED) is 0.683. The Morgan fingerprint density at radius 2 is 2.00 bits per heavy atom. The van der Waals surface area contributed by atoms with Gasteiger partial charge in [0.15, 0.2) is 0 Å². The predicted molar refractivity (Wildman–Crippen MR) is 73.5 cm³/mol. The number of nitrogens with one attached hydrogen (secondary N) is 2. The second-order valence-electron chi connectivity index (χ2n) is 6.29. The molecule has 2 amide bonds. The van der Waals surface area contributed by atoms with E-state index in [0.29, 0.717) is 0 Å². The average molecular weight is 256 g/mol. The molecule has 1 atom stereocenters. The standard InChI is InChI=1S/C14H28N2O2/c1-4-7-14(3,11-17)16-12(18)15-10-13(2)8-5-6-9-13/h17H,4-11H2,1-3H3,(H2,15,16,18). The van der Waals surface area contributed by atoms with Crippen LogP contribution in [0.15, 0.2) is 0 Å². The first-order valence-corrected chi connectivity index (χ1v) is 7.10. The number of carbonyl (C=O) groups excluding carboxylic acids is 1. The van der Waals surface area contributed by atoms with Crippen molar-refractivity contribution in [1.82, 2.24) is 10.6 Å². The van der Waals surface area contributed by atoms with Crippen LogP contribution in [0.25, 0.3) is 0 Å². The zero-order valence-electron chi connectivity index (χ0n) is 12.0. The zero-order chi connectivity index (χ0) is 13.6.